The van der Waals surface area contributed by atoms with E-state index in [0.717, 1.165) is 61.5 Å². The molecule has 4 atom stereocenters. The van der Waals surface area contributed by atoms with E-state index in [1.165, 1.54) is 37.1 Å². The van der Waals surface area contributed by atoms with Crippen molar-refractivity contribution in [3.8, 4) is 0 Å². The van der Waals surface area contributed by atoms with Gasteiger partial charge in [0, 0.05) is 66.5 Å². The van der Waals surface area contributed by atoms with E-state index in [9.17, 15) is 13.4 Å². The van der Waals surface area contributed by atoms with Crippen LogP contribution >= 0.6 is 0 Å². The molecular weight excluding hydrogens is 587 g/mol. The van der Waals surface area contributed by atoms with Crippen molar-refractivity contribution < 1.29 is 13.4 Å². The molecule has 0 spiro atoms. The Morgan fingerprint density at radius 1 is 1.04 bits per heavy atom. The zero-order valence-electron chi connectivity index (χ0n) is 27.0. The van der Waals surface area contributed by atoms with Crippen LogP contribution in [0.15, 0.2) is 48.5 Å². The van der Waals surface area contributed by atoms with Gasteiger partial charge in [-0.05, 0) is 96.2 Å². The highest BCUT2D eigenvalue weighted by Crippen LogP contribution is 2.41. The largest absolute Gasteiger partial charge is 0.329 e. The number of amides is 2. The molecule has 2 aromatic carbocycles. The Bertz CT molecular complexity index is 1490. The lowest BCUT2D eigenvalue weighted by Crippen LogP contribution is -2.53. The lowest BCUT2D eigenvalue weighted by atomic mass is 9.81. The van der Waals surface area contributed by atoms with E-state index < -0.39 is 11.0 Å². The standard InChI is InChI=1S/C35H47FN6O2S/c1-24(2)45(44)39-20-17-34-33(23-39)37-26(4)42(34)32-21-30-7-5-8-31(22-32)40(30)18-6-19-41(29-15-11-27(36)12-16-29)35(43)38-28-13-9-25(3)10-14-28/h9-16,24,30-32H,5-8,17-23H2,1-4H3,(H,38,43)/t30-,31+,32?,45?. The minimum Gasteiger partial charge on any atom is -0.329 e. The Kier molecular flexibility index (Phi) is 9.73. The summed E-state index contributed by atoms with van der Waals surface area (Å²) in [5, 5.41) is 3.14. The number of carbonyl (C=O) groups excluding carboxylic acids is 1. The van der Waals surface area contributed by atoms with Crippen LogP contribution in [0.4, 0.5) is 20.6 Å². The summed E-state index contributed by atoms with van der Waals surface area (Å²) >= 11 is 0. The normalized spacial score (nSPS) is 22.7. The molecule has 1 N–H and O–H groups in total. The molecule has 0 saturated carbocycles. The van der Waals surface area contributed by atoms with Crippen molar-refractivity contribution in [3.63, 3.8) is 0 Å². The summed E-state index contributed by atoms with van der Waals surface area (Å²) in [7, 11) is -0.979. The Morgan fingerprint density at radius 3 is 2.40 bits per heavy atom. The van der Waals surface area contributed by atoms with E-state index in [1.54, 1.807) is 17.0 Å². The minimum atomic E-state index is -0.979. The Hall–Kier alpha value is -3.08. The van der Waals surface area contributed by atoms with Gasteiger partial charge < -0.3 is 9.88 Å². The molecule has 3 aliphatic rings. The average Bonchev–Trinajstić information content (AvgIpc) is 3.35. The maximum atomic E-state index is 13.7. The van der Waals surface area contributed by atoms with Crippen molar-refractivity contribution in [1.82, 2.24) is 18.8 Å². The summed E-state index contributed by atoms with van der Waals surface area (Å²) in [6, 6.07) is 15.2. The van der Waals surface area contributed by atoms with E-state index in [4.69, 9.17) is 4.98 Å². The fraction of sp³-hybridized carbons (Fsp3) is 0.543. The van der Waals surface area contributed by atoms with Gasteiger partial charge in [0.05, 0.1) is 23.2 Å². The number of aromatic nitrogens is 2. The number of hydrogen-bond acceptors (Lipinski definition) is 4. The summed E-state index contributed by atoms with van der Waals surface area (Å²) in [5.74, 6) is 0.772. The van der Waals surface area contributed by atoms with Crippen LogP contribution in [-0.4, -0.2) is 66.0 Å². The Labute approximate surface area is 269 Å². The molecule has 2 amide bonds. The van der Waals surface area contributed by atoms with Crippen molar-refractivity contribution >= 4 is 28.4 Å². The van der Waals surface area contributed by atoms with Crippen molar-refractivity contribution in [2.45, 2.75) is 103 Å². The van der Waals surface area contributed by atoms with Gasteiger partial charge in [-0.15, -0.1) is 0 Å². The predicted molar refractivity (Wildman–Crippen MR) is 179 cm³/mol. The number of rotatable bonds is 9. The zero-order valence-corrected chi connectivity index (χ0v) is 27.9. The first kappa shape index (κ1) is 31.9. The zero-order chi connectivity index (χ0) is 31.7. The van der Waals surface area contributed by atoms with E-state index in [2.05, 4.69) is 26.0 Å². The van der Waals surface area contributed by atoms with Gasteiger partial charge in [-0.1, -0.05) is 24.1 Å². The van der Waals surface area contributed by atoms with E-state index >= 15 is 0 Å². The molecule has 3 aromatic rings. The third-order valence-corrected chi connectivity index (χ3v) is 11.4. The number of anilines is 2. The number of aryl methyl sites for hydroxylation is 2. The van der Waals surface area contributed by atoms with Crippen molar-refractivity contribution in [1.29, 1.82) is 0 Å². The maximum absolute atomic E-state index is 13.7. The first-order valence-electron chi connectivity index (χ1n) is 16.6. The molecule has 2 bridgehead atoms. The molecule has 4 heterocycles. The number of piperidine rings is 2. The van der Waals surface area contributed by atoms with Gasteiger partial charge in [-0.2, -0.15) is 0 Å². The van der Waals surface area contributed by atoms with Crippen LogP contribution in [0.1, 0.15) is 81.2 Å². The van der Waals surface area contributed by atoms with Crippen LogP contribution in [0.3, 0.4) is 0 Å². The van der Waals surface area contributed by atoms with Gasteiger partial charge >= 0.3 is 6.03 Å². The van der Waals surface area contributed by atoms with Crippen LogP contribution in [0.5, 0.6) is 0 Å². The summed E-state index contributed by atoms with van der Waals surface area (Å²) < 4.78 is 31.1. The summed E-state index contributed by atoms with van der Waals surface area (Å²) in [4.78, 5) is 22.9. The number of hydrogen-bond donors (Lipinski definition) is 1. The first-order chi connectivity index (χ1) is 21.7. The van der Waals surface area contributed by atoms with Gasteiger partial charge in [0.2, 0.25) is 0 Å². The van der Waals surface area contributed by atoms with Crippen LogP contribution in [-0.2, 0) is 24.0 Å². The number of benzene rings is 2. The van der Waals surface area contributed by atoms with Crippen LogP contribution in [0.2, 0.25) is 0 Å². The Morgan fingerprint density at radius 2 is 1.73 bits per heavy atom. The summed E-state index contributed by atoms with van der Waals surface area (Å²) in [5.41, 5.74) is 5.01. The number of urea groups is 1. The second kappa shape index (κ2) is 13.7. The molecule has 10 heteroatoms. The topological polar surface area (TPSA) is 73.7 Å². The molecule has 1 aromatic heterocycles. The fourth-order valence-electron chi connectivity index (χ4n) is 7.69. The smallest absolute Gasteiger partial charge is 0.326 e. The van der Waals surface area contributed by atoms with Gasteiger partial charge in [0.25, 0.3) is 0 Å². The SMILES string of the molecule is Cc1ccc(NC(=O)N(CCCN2[C@@H]3CCC[C@H]2CC(n2c(C)nc4c2CCN(S(=O)C(C)C)C4)C3)c2ccc(F)cc2)cc1. The summed E-state index contributed by atoms with van der Waals surface area (Å²) in [6.07, 6.45) is 7.59. The molecule has 2 unspecified atom stereocenters. The predicted octanol–water partition coefficient (Wildman–Crippen LogP) is 6.76. The van der Waals surface area contributed by atoms with Crippen LogP contribution in [0, 0.1) is 19.7 Å². The highest BCUT2D eigenvalue weighted by atomic mass is 32.2. The molecule has 8 nitrogen and oxygen atoms in total. The molecular formula is C35H47FN6O2S. The maximum Gasteiger partial charge on any atom is 0.326 e. The second-order valence-electron chi connectivity index (χ2n) is 13.2. The first-order valence-corrected chi connectivity index (χ1v) is 17.7. The van der Waals surface area contributed by atoms with E-state index in [0.29, 0.717) is 36.9 Å². The number of nitrogens with zero attached hydrogens (tertiary/aromatic N) is 5. The van der Waals surface area contributed by atoms with Gasteiger partial charge in [-0.3, -0.25) is 9.80 Å². The second-order valence-corrected chi connectivity index (χ2v) is 15.3. The lowest BCUT2D eigenvalue weighted by Gasteiger charge is -2.50. The van der Waals surface area contributed by atoms with Gasteiger partial charge in [-0.25, -0.2) is 22.7 Å². The van der Waals surface area contributed by atoms with Crippen molar-refractivity contribution in [2.24, 2.45) is 0 Å². The molecule has 6 rings (SSSR count). The molecule has 242 valence electrons. The number of nitrogens with one attached hydrogen (secondary N) is 1. The van der Waals surface area contributed by atoms with E-state index in [-0.39, 0.29) is 17.1 Å². The molecule has 2 saturated heterocycles. The minimum absolute atomic E-state index is 0.115. The molecule has 2 fully saturated rings. The highest BCUT2D eigenvalue weighted by Gasteiger charge is 2.40. The average molecular weight is 635 g/mol. The van der Waals surface area contributed by atoms with Crippen LogP contribution < -0.4 is 10.2 Å². The Balaban J connectivity index is 1.12. The lowest BCUT2D eigenvalue weighted by molar-refractivity contribution is 0.0155. The van der Waals surface area contributed by atoms with Crippen molar-refractivity contribution in [2.75, 3.05) is 29.9 Å². The number of carbonyl (C=O) groups is 1. The fourth-order valence-corrected chi connectivity index (χ4v) is 8.80. The third kappa shape index (κ3) is 7.03. The quantitative estimate of drug-likeness (QED) is 0.283. The number of halogens is 1. The monoisotopic (exact) mass is 634 g/mol. The summed E-state index contributed by atoms with van der Waals surface area (Å²) in [6.45, 7) is 11.1. The third-order valence-electron chi connectivity index (χ3n) is 9.80. The van der Waals surface area contributed by atoms with Crippen LogP contribution in [0.25, 0.3) is 0 Å². The molecule has 0 radical (unpaired) electrons. The molecule has 3 aliphatic heterocycles. The number of imidazole rings is 1. The molecule has 45 heavy (non-hydrogen) atoms. The van der Waals surface area contributed by atoms with E-state index in [1.807, 2.05) is 45.0 Å². The van der Waals surface area contributed by atoms with Gasteiger partial charge in [0.1, 0.15) is 11.6 Å². The van der Waals surface area contributed by atoms with Gasteiger partial charge in [0.15, 0.2) is 0 Å². The number of fused-ring (bicyclic) bond motifs is 3. The molecule has 0 aliphatic carbocycles. The highest BCUT2D eigenvalue weighted by molar-refractivity contribution is 7.83. The van der Waals surface area contributed by atoms with Crippen molar-refractivity contribution in [3.05, 3.63) is 77.1 Å².